The first-order chi connectivity index (χ1) is 10.9. The summed E-state index contributed by atoms with van der Waals surface area (Å²) in [5, 5.41) is 6.50. The maximum Gasteiger partial charge on any atom is 0.412 e. The number of carbonyl (C=O) groups excluding carboxylic acids is 1. The molecule has 0 atom stereocenters. The van der Waals surface area contributed by atoms with Crippen molar-refractivity contribution < 1.29 is 9.53 Å². The third kappa shape index (κ3) is 5.24. The van der Waals surface area contributed by atoms with Gasteiger partial charge in [-0.2, -0.15) is 0 Å². The van der Waals surface area contributed by atoms with Gasteiger partial charge in [0.05, 0.1) is 0 Å². The molecule has 126 valence electrons. The Bertz CT molecular complexity index is 527. The molecule has 2 fully saturated rings. The Hall–Kier alpha value is -1.55. The third-order valence-corrected chi connectivity index (χ3v) is 4.40. The van der Waals surface area contributed by atoms with Gasteiger partial charge >= 0.3 is 6.09 Å². The SMILES string of the molecule is CC(C)(C)OC(=O)Nc1ccc(CNC(C2CC2)C2CC2)cc1. The zero-order valence-electron chi connectivity index (χ0n) is 14.4. The third-order valence-electron chi connectivity index (χ3n) is 4.40. The fourth-order valence-electron chi connectivity index (χ4n) is 2.99. The second-order valence-corrected chi connectivity index (χ2v) is 7.91. The first-order valence-electron chi connectivity index (χ1n) is 8.73. The summed E-state index contributed by atoms with van der Waals surface area (Å²) in [6.07, 6.45) is 5.17. The van der Waals surface area contributed by atoms with E-state index in [0.29, 0.717) is 0 Å². The van der Waals surface area contributed by atoms with Crippen LogP contribution in [0.1, 0.15) is 52.0 Å². The van der Waals surface area contributed by atoms with Crippen LogP contribution in [0, 0.1) is 11.8 Å². The highest BCUT2D eigenvalue weighted by atomic mass is 16.6. The smallest absolute Gasteiger partial charge is 0.412 e. The number of amides is 1. The molecule has 0 saturated heterocycles. The lowest BCUT2D eigenvalue weighted by atomic mass is 10.1. The van der Waals surface area contributed by atoms with Gasteiger partial charge < -0.3 is 10.1 Å². The van der Waals surface area contributed by atoms with E-state index in [1.54, 1.807) is 0 Å². The topological polar surface area (TPSA) is 50.4 Å². The molecule has 1 aromatic carbocycles. The molecule has 0 heterocycles. The Balaban J connectivity index is 1.47. The molecule has 0 bridgehead atoms. The highest BCUT2D eigenvalue weighted by Crippen LogP contribution is 2.44. The average Bonchev–Trinajstić information content (AvgIpc) is 3.33. The highest BCUT2D eigenvalue weighted by molar-refractivity contribution is 5.84. The Morgan fingerprint density at radius 1 is 1.13 bits per heavy atom. The molecule has 4 nitrogen and oxygen atoms in total. The van der Waals surface area contributed by atoms with Crippen LogP contribution >= 0.6 is 0 Å². The summed E-state index contributed by atoms with van der Waals surface area (Å²) in [7, 11) is 0. The molecule has 3 rings (SSSR count). The monoisotopic (exact) mass is 316 g/mol. The molecular weight excluding hydrogens is 288 g/mol. The van der Waals surface area contributed by atoms with E-state index in [0.717, 1.165) is 30.1 Å². The van der Waals surface area contributed by atoms with Gasteiger partial charge in [0.1, 0.15) is 5.60 Å². The van der Waals surface area contributed by atoms with Crippen LogP contribution in [0.15, 0.2) is 24.3 Å². The van der Waals surface area contributed by atoms with Crippen molar-refractivity contribution in [3.05, 3.63) is 29.8 Å². The average molecular weight is 316 g/mol. The lowest BCUT2D eigenvalue weighted by Crippen LogP contribution is -2.32. The van der Waals surface area contributed by atoms with Gasteiger partial charge in [0, 0.05) is 18.3 Å². The fourth-order valence-corrected chi connectivity index (χ4v) is 2.99. The molecule has 1 aromatic rings. The van der Waals surface area contributed by atoms with Crippen LogP contribution < -0.4 is 10.6 Å². The van der Waals surface area contributed by atoms with Gasteiger partial charge in [-0.3, -0.25) is 5.32 Å². The molecule has 23 heavy (non-hydrogen) atoms. The summed E-state index contributed by atoms with van der Waals surface area (Å²) in [5.41, 5.74) is 1.55. The summed E-state index contributed by atoms with van der Waals surface area (Å²) in [5.74, 6) is 1.83. The molecule has 0 radical (unpaired) electrons. The van der Waals surface area contributed by atoms with E-state index in [2.05, 4.69) is 22.8 Å². The van der Waals surface area contributed by atoms with Gasteiger partial charge in [0.15, 0.2) is 0 Å². The van der Waals surface area contributed by atoms with Crippen molar-refractivity contribution in [2.45, 2.75) is 64.6 Å². The second-order valence-electron chi connectivity index (χ2n) is 7.91. The van der Waals surface area contributed by atoms with E-state index < -0.39 is 11.7 Å². The number of carbonyl (C=O) groups is 1. The van der Waals surface area contributed by atoms with E-state index in [-0.39, 0.29) is 0 Å². The van der Waals surface area contributed by atoms with E-state index in [9.17, 15) is 4.79 Å². The van der Waals surface area contributed by atoms with Crippen molar-refractivity contribution >= 4 is 11.8 Å². The zero-order chi connectivity index (χ0) is 16.4. The Morgan fingerprint density at radius 2 is 1.70 bits per heavy atom. The summed E-state index contributed by atoms with van der Waals surface area (Å²) >= 11 is 0. The van der Waals surface area contributed by atoms with Crippen LogP contribution in [0.4, 0.5) is 10.5 Å². The lowest BCUT2D eigenvalue weighted by molar-refractivity contribution is 0.0636. The molecule has 4 heteroatoms. The number of ether oxygens (including phenoxy) is 1. The molecule has 0 spiro atoms. The number of benzene rings is 1. The minimum absolute atomic E-state index is 0.411. The Kier molecular flexibility index (Phi) is 4.62. The van der Waals surface area contributed by atoms with E-state index >= 15 is 0 Å². The fraction of sp³-hybridized carbons (Fsp3) is 0.632. The van der Waals surface area contributed by atoms with Crippen molar-refractivity contribution in [1.29, 1.82) is 0 Å². The van der Waals surface area contributed by atoms with Crippen LogP contribution in [0.25, 0.3) is 0 Å². The Labute approximate surface area is 139 Å². The summed E-state index contributed by atoms with van der Waals surface area (Å²) in [6, 6.07) is 8.72. The molecular formula is C19H28N2O2. The molecule has 1 amide bonds. The van der Waals surface area contributed by atoms with Crippen LogP contribution in [-0.2, 0) is 11.3 Å². The van der Waals surface area contributed by atoms with Crippen LogP contribution in [0.3, 0.4) is 0 Å². The van der Waals surface area contributed by atoms with E-state index in [4.69, 9.17) is 4.74 Å². The van der Waals surface area contributed by atoms with Gasteiger partial charge in [-0.05, 0) is 76.0 Å². The highest BCUT2D eigenvalue weighted by Gasteiger charge is 2.40. The quantitative estimate of drug-likeness (QED) is 0.822. The number of anilines is 1. The number of hydrogen-bond donors (Lipinski definition) is 2. The molecule has 2 saturated carbocycles. The molecule has 2 N–H and O–H groups in total. The predicted molar refractivity (Wildman–Crippen MR) is 92.4 cm³/mol. The molecule has 0 unspecified atom stereocenters. The number of hydrogen-bond acceptors (Lipinski definition) is 3. The van der Waals surface area contributed by atoms with Crippen LogP contribution in [0.2, 0.25) is 0 Å². The molecule has 0 aliphatic heterocycles. The summed E-state index contributed by atoms with van der Waals surface area (Å²) < 4.78 is 5.26. The zero-order valence-corrected chi connectivity index (χ0v) is 14.4. The largest absolute Gasteiger partial charge is 0.444 e. The molecule has 2 aliphatic carbocycles. The minimum Gasteiger partial charge on any atom is -0.444 e. The van der Waals surface area contributed by atoms with Crippen molar-refractivity contribution in [3.63, 3.8) is 0 Å². The van der Waals surface area contributed by atoms with Crippen molar-refractivity contribution in [2.75, 3.05) is 5.32 Å². The molecule has 0 aromatic heterocycles. The standard InChI is InChI=1S/C19H28N2O2/c1-19(2,3)23-18(22)21-16-10-4-13(5-11-16)12-20-17(14-6-7-14)15-8-9-15/h4-5,10-11,14-15,17,20H,6-9,12H2,1-3H3,(H,21,22). The predicted octanol–water partition coefficient (Wildman–Crippen LogP) is 4.31. The minimum atomic E-state index is -0.478. The summed E-state index contributed by atoms with van der Waals surface area (Å²) in [6.45, 7) is 6.48. The lowest BCUT2D eigenvalue weighted by Gasteiger charge is -2.20. The van der Waals surface area contributed by atoms with Gasteiger partial charge in [-0.25, -0.2) is 4.79 Å². The van der Waals surface area contributed by atoms with Gasteiger partial charge in [0.2, 0.25) is 0 Å². The number of nitrogens with one attached hydrogen (secondary N) is 2. The Morgan fingerprint density at radius 3 is 2.17 bits per heavy atom. The summed E-state index contributed by atoms with van der Waals surface area (Å²) in [4.78, 5) is 11.7. The van der Waals surface area contributed by atoms with Crippen LogP contribution in [0.5, 0.6) is 0 Å². The van der Waals surface area contributed by atoms with Crippen molar-refractivity contribution in [2.24, 2.45) is 11.8 Å². The van der Waals surface area contributed by atoms with E-state index in [1.807, 2.05) is 32.9 Å². The van der Waals surface area contributed by atoms with Gasteiger partial charge in [-0.15, -0.1) is 0 Å². The maximum atomic E-state index is 11.7. The second kappa shape index (κ2) is 6.52. The van der Waals surface area contributed by atoms with Crippen molar-refractivity contribution in [3.8, 4) is 0 Å². The number of rotatable bonds is 6. The first-order valence-corrected chi connectivity index (χ1v) is 8.73. The van der Waals surface area contributed by atoms with Gasteiger partial charge in [0.25, 0.3) is 0 Å². The van der Waals surface area contributed by atoms with E-state index in [1.165, 1.54) is 31.2 Å². The first kappa shape index (κ1) is 16.3. The maximum absolute atomic E-state index is 11.7. The van der Waals surface area contributed by atoms with Crippen LogP contribution in [-0.4, -0.2) is 17.7 Å². The van der Waals surface area contributed by atoms with Crippen molar-refractivity contribution in [1.82, 2.24) is 5.32 Å². The molecule has 2 aliphatic rings. The van der Waals surface area contributed by atoms with Gasteiger partial charge in [-0.1, -0.05) is 12.1 Å². The normalized spacial score (nSPS) is 18.1.